The Bertz CT molecular complexity index is 633. The Balaban J connectivity index is 2.34. The first kappa shape index (κ1) is 14.3. The average molecular weight is 274 g/mol. The average Bonchev–Trinajstić information content (AvgIpc) is 2.42. The number of benzene rings is 1. The predicted octanol–water partition coefficient (Wildman–Crippen LogP) is 1.74. The monoisotopic (exact) mass is 274 g/mol. The molecule has 0 atom stereocenters. The van der Waals surface area contributed by atoms with Crippen molar-refractivity contribution in [3.63, 3.8) is 0 Å². The van der Waals surface area contributed by atoms with Crippen molar-refractivity contribution in [3.05, 3.63) is 36.0 Å². The van der Waals surface area contributed by atoms with Gasteiger partial charge in [-0.1, -0.05) is 6.07 Å². The summed E-state index contributed by atoms with van der Waals surface area (Å²) < 4.78 is 5.24. The standard InChI is InChI=1S/C15H18N2O3/c1-15(2,19)9-17-14(18)11-7-10-5-4-6-16-12(10)8-13(11)20-3/h4-8,19H,9H2,1-3H3,(H,17,18). The number of aliphatic hydroxyl groups is 1. The summed E-state index contributed by atoms with van der Waals surface area (Å²) >= 11 is 0. The molecule has 1 heterocycles. The van der Waals surface area contributed by atoms with Gasteiger partial charge in [0, 0.05) is 24.2 Å². The minimum Gasteiger partial charge on any atom is -0.496 e. The zero-order valence-electron chi connectivity index (χ0n) is 11.8. The van der Waals surface area contributed by atoms with Gasteiger partial charge in [0.25, 0.3) is 5.91 Å². The summed E-state index contributed by atoms with van der Waals surface area (Å²) in [5.74, 6) is 0.180. The molecule has 2 N–H and O–H groups in total. The molecule has 2 aromatic rings. The van der Waals surface area contributed by atoms with Crippen molar-refractivity contribution in [2.75, 3.05) is 13.7 Å². The number of nitrogens with one attached hydrogen (secondary N) is 1. The molecule has 1 amide bonds. The van der Waals surface area contributed by atoms with Crippen molar-refractivity contribution < 1.29 is 14.6 Å². The minimum absolute atomic E-state index is 0.167. The summed E-state index contributed by atoms with van der Waals surface area (Å²) in [5.41, 5.74) is 0.238. The molecule has 0 spiro atoms. The molecule has 0 aliphatic heterocycles. The van der Waals surface area contributed by atoms with E-state index in [1.54, 1.807) is 32.2 Å². The zero-order valence-corrected chi connectivity index (χ0v) is 11.8. The fraction of sp³-hybridized carbons (Fsp3) is 0.333. The maximum absolute atomic E-state index is 12.2. The number of methoxy groups -OCH3 is 1. The van der Waals surface area contributed by atoms with Gasteiger partial charge >= 0.3 is 0 Å². The number of rotatable bonds is 4. The summed E-state index contributed by atoms with van der Waals surface area (Å²) in [6, 6.07) is 7.16. The molecule has 106 valence electrons. The molecule has 0 bridgehead atoms. The van der Waals surface area contributed by atoms with Crippen LogP contribution in [-0.2, 0) is 0 Å². The molecule has 20 heavy (non-hydrogen) atoms. The van der Waals surface area contributed by atoms with E-state index in [0.717, 1.165) is 10.9 Å². The van der Waals surface area contributed by atoms with E-state index in [1.807, 2.05) is 12.1 Å². The fourth-order valence-corrected chi connectivity index (χ4v) is 1.84. The SMILES string of the molecule is COc1cc2ncccc2cc1C(=O)NCC(C)(C)O. The Morgan fingerprint density at radius 2 is 2.20 bits per heavy atom. The van der Waals surface area contributed by atoms with Crippen LogP contribution in [0.2, 0.25) is 0 Å². The Labute approximate surface area is 117 Å². The quantitative estimate of drug-likeness (QED) is 0.891. The largest absolute Gasteiger partial charge is 0.496 e. The van der Waals surface area contributed by atoms with E-state index in [2.05, 4.69) is 10.3 Å². The van der Waals surface area contributed by atoms with E-state index < -0.39 is 5.60 Å². The van der Waals surface area contributed by atoms with Gasteiger partial charge in [-0.2, -0.15) is 0 Å². The van der Waals surface area contributed by atoms with E-state index in [0.29, 0.717) is 11.3 Å². The Hall–Kier alpha value is -2.14. The first-order chi connectivity index (χ1) is 9.40. The van der Waals surface area contributed by atoms with E-state index in [9.17, 15) is 9.90 Å². The second kappa shape index (κ2) is 5.46. The molecule has 0 fully saturated rings. The highest BCUT2D eigenvalue weighted by Crippen LogP contribution is 2.24. The molecule has 0 aliphatic rings. The third-order valence-electron chi connectivity index (χ3n) is 2.85. The lowest BCUT2D eigenvalue weighted by Crippen LogP contribution is -2.38. The van der Waals surface area contributed by atoms with Gasteiger partial charge in [-0.15, -0.1) is 0 Å². The van der Waals surface area contributed by atoms with Crippen LogP contribution < -0.4 is 10.1 Å². The predicted molar refractivity (Wildman–Crippen MR) is 76.9 cm³/mol. The van der Waals surface area contributed by atoms with Gasteiger partial charge in [-0.05, 0) is 26.0 Å². The van der Waals surface area contributed by atoms with Gasteiger partial charge in [-0.25, -0.2) is 0 Å². The smallest absolute Gasteiger partial charge is 0.255 e. The number of hydrogen-bond acceptors (Lipinski definition) is 4. The van der Waals surface area contributed by atoms with Gasteiger partial charge in [-0.3, -0.25) is 9.78 Å². The minimum atomic E-state index is -0.957. The second-order valence-electron chi connectivity index (χ2n) is 5.24. The van der Waals surface area contributed by atoms with Gasteiger partial charge in [0.15, 0.2) is 0 Å². The third-order valence-corrected chi connectivity index (χ3v) is 2.85. The van der Waals surface area contributed by atoms with Crippen molar-refractivity contribution >= 4 is 16.8 Å². The van der Waals surface area contributed by atoms with Gasteiger partial charge < -0.3 is 15.2 Å². The number of ether oxygens (including phenoxy) is 1. The van der Waals surface area contributed by atoms with Crippen LogP contribution in [0, 0.1) is 0 Å². The van der Waals surface area contributed by atoms with Crippen LogP contribution in [0.25, 0.3) is 10.9 Å². The lowest BCUT2D eigenvalue weighted by molar-refractivity contribution is 0.0693. The molecule has 0 aliphatic carbocycles. The molecule has 5 heteroatoms. The van der Waals surface area contributed by atoms with Gasteiger partial charge in [0.05, 0.1) is 23.8 Å². The maximum atomic E-state index is 12.2. The highest BCUT2D eigenvalue weighted by atomic mass is 16.5. The molecule has 0 radical (unpaired) electrons. The van der Waals surface area contributed by atoms with Crippen molar-refractivity contribution in [2.24, 2.45) is 0 Å². The topological polar surface area (TPSA) is 71.5 Å². The number of fused-ring (bicyclic) bond motifs is 1. The first-order valence-corrected chi connectivity index (χ1v) is 6.34. The summed E-state index contributed by atoms with van der Waals surface area (Å²) in [6.45, 7) is 3.43. The zero-order chi connectivity index (χ0) is 14.8. The van der Waals surface area contributed by atoms with Crippen LogP contribution in [0.1, 0.15) is 24.2 Å². The Morgan fingerprint density at radius 3 is 2.85 bits per heavy atom. The number of pyridine rings is 1. The summed E-state index contributed by atoms with van der Waals surface area (Å²) in [5, 5.41) is 13.2. The lowest BCUT2D eigenvalue weighted by atomic mass is 10.1. The molecule has 0 unspecified atom stereocenters. The van der Waals surface area contributed by atoms with Crippen molar-refractivity contribution in [1.29, 1.82) is 0 Å². The van der Waals surface area contributed by atoms with E-state index in [4.69, 9.17) is 4.74 Å². The third kappa shape index (κ3) is 3.24. The molecule has 5 nitrogen and oxygen atoms in total. The number of carbonyl (C=O) groups excluding carboxylic acids is 1. The number of nitrogens with zero attached hydrogens (tertiary/aromatic N) is 1. The molecule has 0 saturated heterocycles. The number of aromatic nitrogens is 1. The van der Waals surface area contributed by atoms with E-state index in [1.165, 1.54) is 7.11 Å². The highest BCUT2D eigenvalue weighted by Gasteiger charge is 2.18. The van der Waals surface area contributed by atoms with Gasteiger partial charge in [0.1, 0.15) is 5.75 Å². The van der Waals surface area contributed by atoms with Crippen LogP contribution in [0.4, 0.5) is 0 Å². The fourth-order valence-electron chi connectivity index (χ4n) is 1.84. The molecule has 1 aromatic heterocycles. The molecule has 0 saturated carbocycles. The normalized spacial score (nSPS) is 11.4. The number of carbonyl (C=O) groups is 1. The highest BCUT2D eigenvalue weighted by molar-refractivity contribution is 6.01. The Morgan fingerprint density at radius 1 is 1.45 bits per heavy atom. The lowest BCUT2D eigenvalue weighted by Gasteiger charge is -2.18. The van der Waals surface area contributed by atoms with Gasteiger partial charge in [0.2, 0.25) is 0 Å². The van der Waals surface area contributed by atoms with E-state index >= 15 is 0 Å². The van der Waals surface area contributed by atoms with Crippen molar-refractivity contribution in [3.8, 4) is 5.75 Å². The molecular formula is C15H18N2O3. The molecule has 2 rings (SSSR count). The summed E-state index contributed by atoms with van der Waals surface area (Å²) in [7, 11) is 1.51. The van der Waals surface area contributed by atoms with Crippen LogP contribution in [0.3, 0.4) is 0 Å². The summed E-state index contributed by atoms with van der Waals surface area (Å²) in [6.07, 6.45) is 1.69. The Kier molecular flexibility index (Phi) is 3.90. The first-order valence-electron chi connectivity index (χ1n) is 6.34. The number of hydrogen-bond donors (Lipinski definition) is 2. The summed E-state index contributed by atoms with van der Waals surface area (Å²) in [4.78, 5) is 16.4. The van der Waals surface area contributed by atoms with E-state index in [-0.39, 0.29) is 12.5 Å². The van der Waals surface area contributed by atoms with Crippen LogP contribution in [0.5, 0.6) is 5.75 Å². The number of amides is 1. The van der Waals surface area contributed by atoms with Crippen LogP contribution in [-0.4, -0.2) is 35.3 Å². The molecular weight excluding hydrogens is 256 g/mol. The van der Waals surface area contributed by atoms with Crippen LogP contribution >= 0.6 is 0 Å². The van der Waals surface area contributed by atoms with Crippen molar-refractivity contribution in [1.82, 2.24) is 10.3 Å². The van der Waals surface area contributed by atoms with Crippen molar-refractivity contribution in [2.45, 2.75) is 19.4 Å². The van der Waals surface area contributed by atoms with Crippen LogP contribution in [0.15, 0.2) is 30.5 Å². The molecule has 1 aromatic carbocycles. The second-order valence-corrected chi connectivity index (χ2v) is 5.24. The maximum Gasteiger partial charge on any atom is 0.255 e.